The Bertz CT molecular complexity index is 950. The first-order valence-corrected chi connectivity index (χ1v) is 12.4. The molecule has 0 unspecified atom stereocenters. The van der Waals surface area contributed by atoms with Crippen molar-refractivity contribution in [1.29, 1.82) is 5.26 Å². The van der Waals surface area contributed by atoms with Crippen LogP contribution in [0.5, 0.6) is 0 Å². The first-order chi connectivity index (χ1) is 14.8. The summed E-state index contributed by atoms with van der Waals surface area (Å²) in [6.45, 7) is 3.54. The third-order valence-electron chi connectivity index (χ3n) is 6.21. The van der Waals surface area contributed by atoms with Crippen molar-refractivity contribution in [2.45, 2.75) is 68.8 Å². The van der Waals surface area contributed by atoms with Gasteiger partial charge in [0.25, 0.3) is 10.1 Å². The molecule has 0 radical (unpaired) electrons. The molecule has 1 aromatic carbocycles. The molecule has 3 aliphatic rings. The molecule has 1 amide bonds. The number of hydrogen-bond donors (Lipinski definition) is 2. The van der Waals surface area contributed by atoms with Crippen LogP contribution >= 0.6 is 0 Å². The van der Waals surface area contributed by atoms with Crippen LogP contribution in [0.25, 0.3) is 0 Å². The van der Waals surface area contributed by atoms with Gasteiger partial charge in [0.05, 0.1) is 17.0 Å². The Morgan fingerprint density at radius 1 is 1.29 bits per heavy atom. The highest BCUT2D eigenvalue weighted by Crippen LogP contribution is 2.29. The van der Waals surface area contributed by atoms with Crippen LogP contribution in [-0.2, 0) is 14.9 Å². The molecular weight excluding hydrogens is 414 g/mol. The second kappa shape index (κ2) is 10.4. The minimum Gasteiger partial charge on any atom is -0.325 e. The maximum absolute atomic E-state index is 12.5. The molecule has 31 heavy (non-hydrogen) atoms. The fraction of sp³-hybridized carbons (Fsp3) is 0.565. The number of nitrogens with one attached hydrogen (secondary N) is 1. The lowest BCUT2D eigenvalue weighted by Crippen LogP contribution is -2.45. The van der Waals surface area contributed by atoms with Crippen LogP contribution in [0.3, 0.4) is 0 Å². The number of nitriles is 1. The molecule has 4 rings (SSSR count). The normalized spacial score (nSPS) is 25.5. The number of aryl methyl sites for hydroxylation is 1. The number of amides is 1. The molecule has 3 atom stereocenters. The summed E-state index contributed by atoms with van der Waals surface area (Å²) < 4.78 is 29.6. The number of carbonyl (C=O) groups excluding carboxylic acids is 1. The standard InChI is InChI=1S/C16H23N3O.C7H8O3S/c17-10-14-6-3-7-19(14)16(20)15-9-13(11-18-15)8-12-4-1-2-5-12;1-6-2-4-7(5-3-6)11(8,9)10/h4,13-15,18H,1-3,5-9,11H2;2-5H,1H3,(H,8,9,10)/t13-,14-,15-;/m0./s1. The first kappa shape index (κ1) is 23.5. The number of carbonyl (C=O) groups is 1. The largest absolute Gasteiger partial charge is 0.325 e. The van der Waals surface area contributed by atoms with E-state index in [1.807, 2.05) is 6.92 Å². The molecule has 1 aromatic rings. The van der Waals surface area contributed by atoms with Gasteiger partial charge in [-0.15, -0.1) is 0 Å². The number of rotatable bonds is 4. The van der Waals surface area contributed by atoms with Gasteiger partial charge in [0.2, 0.25) is 5.91 Å². The molecule has 2 saturated heterocycles. The van der Waals surface area contributed by atoms with Crippen molar-refractivity contribution in [2.75, 3.05) is 13.1 Å². The Balaban J connectivity index is 0.000000210. The topological polar surface area (TPSA) is 110 Å². The van der Waals surface area contributed by atoms with Crippen LogP contribution in [0.4, 0.5) is 0 Å². The molecular formula is C23H31N3O4S. The fourth-order valence-corrected chi connectivity index (χ4v) is 5.00. The summed E-state index contributed by atoms with van der Waals surface area (Å²) in [5.74, 6) is 0.744. The van der Waals surface area contributed by atoms with Gasteiger partial charge in [-0.25, -0.2) is 0 Å². The molecule has 2 heterocycles. The highest BCUT2D eigenvalue weighted by atomic mass is 32.2. The summed E-state index contributed by atoms with van der Waals surface area (Å²) in [7, 11) is -4.02. The third-order valence-corrected chi connectivity index (χ3v) is 7.08. The molecule has 2 fully saturated rings. The zero-order chi connectivity index (χ0) is 22.4. The van der Waals surface area contributed by atoms with Gasteiger partial charge in [0.1, 0.15) is 6.04 Å². The molecule has 0 bridgehead atoms. The molecule has 8 heteroatoms. The van der Waals surface area contributed by atoms with Crippen molar-refractivity contribution in [3.05, 3.63) is 41.5 Å². The predicted octanol–water partition coefficient (Wildman–Crippen LogP) is 3.22. The van der Waals surface area contributed by atoms with Crippen LogP contribution < -0.4 is 5.32 Å². The van der Waals surface area contributed by atoms with Crippen LogP contribution in [0.2, 0.25) is 0 Å². The van der Waals surface area contributed by atoms with Gasteiger partial charge in [0, 0.05) is 6.54 Å². The molecule has 2 aliphatic heterocycles. The van der Waals surface area contributed by atoms with E-state index >= 15 is 0 Å². The van der Waals surface area contributed by atoms with E-state index in [1.165, 1.54) is 31.4 Å². The van der Waals surface area contributed by atoms with Crippen LogP contribution in [0.15, 0.2) is 40.8 Å². The van der Waals surface area contributed by atoms with Gasteiger partial charge in [-0.2, -0.15) is 13.7 Å². The molecule has 0 saturated carbocycles. The van der Waals surface area contributed by atoms with Crippen LogP contribution in [0, 0.1) is 24.2 Å². The van der Waals surface area contributed by atoms with E-state index in [9.17, 15) is 13.2 Å². The van der Waals surface area contributed by atoms with Gasteiger partial charge in [-0.1, -0.05) is 29.3 Å². The second-order valence-electron chi connectivity index (χ2n) is 8.63. The number of hydrogen-bond acceptors (Lipinski definition) is 5. The lowest BCUT2D eigenvalue weighted by molar-refractivity contribution is -0.133. The van der Waals surface area contributed by atoms with E-state index in [2.05, 4.69) is 17.5 Å². The maximum atomic E-state index is 12.5. The summed E-state index contributed by atoms with van der Waals surface area (Å²) in [6, 6.07) is 7.99. The van der Waals surface area contributed by atoms with E-state index < -0.39 is 10.1 Å². The number of allylic oxidation sites excluding steroid dienone is 2. The molecule has 2 N–H and O–H groups in total. The quantitative estimate of drug-likeness (QED) is 0.544. The van der Waals surface area contributed by atoms with Gasteiger partial charge < -0.3 is 10.2 Å². The average molecular weight is 446 g/mol. The van der Waals surface area contributed by atoms with Gasteiger partial charge in [-0.05, 0) is 76.5 Å². The molecule has 1 aliphatic carbocycles. The lowest BCUT2D eigenvalue weighted by atomic mass is 9.96. The summed E-state index contributed by atoms with van der Waals surface area (Å²) >= 11 is 0. The SMILES string of the molecule is Cc1ccc(S(=O)(=O)O)cc1.N#C[C@@H]1CCCN1C(=O)[C@@H]1C[C@H](CC2=CCCC2)CN1. The zero-order valence-corrected chi connectivity index (χ0v) is 18.8. The van der Waals surface area contributed by atoms with E-state index in [-0.39, 0.29) is 22.9 Å². The van der Waals surface area contributed by atoms with Crippen molar-refractivity contribution in [3.8, 4) is 6.07 Å². The Hall–Kier alpha value is -2.21. The lowest BCUT2D eigenvalue weighted by Gasteiger charge is -2.23. The number of benzene rings is 1. The van der Waals surface area contributed by atoms with Gasteiger partial charge in [0.15, 0.2) is 0 Å². The van der Waals surface area contributed by atoms with Gasteiger partial charge >= 0.3 is 0 Å². The number of nitrogens with zero attached hydrogens (tertiary/aromatic N) is 2. The Morgan fingerprint density at radius 2 is 2.03 bits per heavy atom. The van der Waals surface area contributed by atoms with Crippen molar-refractivity contribution in [2.24, 2.45) is 5.92 Å². The van der Waals surface area contributed by atoms with E-state index in [0.717, 1.165) is 44.3 Å². The molecule has 0 aromatic heterocycles. The van der Waals surface area contributed by atoms with Crippen molar-refractivity contribution >= 4 is 16.0 Å². The van der Waals surface area contributed by atoms with Gasteiger partial charge in [-0.3, -0.25) is 9.35 Å². The third kappa shape index (κ3) is 6.39. The molecule has 0 spiro atoms. The van der Waals surface area contributed by atoms with Crippen LogP contribution in [0.1, 0.15) is 50.5 Å². The Labute approximate surface area is 184 Å². The highest BCUT2D eigenvalue weighted by molar-refractivity contribution is 7.85. The minimum atomic E-state index is -4.02. The van der Waals surface area contributed by atoms with E-state index in [4.69, 9.17) is 9.81 Å². The summed E-state index contributed by atoms with van der Waals surface area (Å²) in [5.41, 5.74) is 2.54. The van der Waals surface area contributed by atoms with E-state index in [1.54, 1.807) is 22.6 Å². The number of likely N-dealkylation sites (tertiary alicyclic amines) is 1. The zero-order valence-electron chi connectivity index (χ0n) is 18.0. The monoisotopic (exact) mass is 445 g/mol. The second-order valence-corrected chi connectivity index (χ2v) is 10.0. The Morgan fingerprint density at radius 3 is 2.65 bits per heavy atom. The summed E-state index contributed by atoms with van der Waals surface area (Å²) in [4.78, 5) is 14.2. The Kier molecular flexibility index (Phi) is 7.87. The van der Waals surface area contributed by atoms with Crippen molar-refractivity contribution < 1.29 is 17.8 Å². The predicted molar refractivity (Wildman–Crippen MR) is 118 cm³/mol. The van der Waals surface area contributed by atoms with Crippen LogP contribution in [-0.4, -0.2) is 49.0 Å². The van der Waals surface area contributed by atoms with Crippen molar-refractivity contribution in [3.63, 3.8) is 0 Å². The maximum Gasteiger partial charge on any atom is 0.294 e. The smallest absolute Gasteiger partial charge is 0.294 e. The average Bonchev–Trinajstić information content (AvgIpc) is 3.50. The molecule has 7 nitrogen and oxygen atoms in total. The summed E-state index contributed by atoms with van der Waals surface area (Å²) in [5, 5.41) is 12.5. The molecule has 168 valence electrons. The minimum absolute atomic E-state index is 0.0593. The first-order valence-electron chi connectivity index (χ1n) is 10.9. The van der Waals surface area contributed by atoms with Crippen molar-refractivity contribution in [1.82, 2.24) is 10.2 Å². The van der Waals surface area contributed by atoms with E-state index in [0.29, 0.717) is 5.92 Å². The summed E-state index contributed by atoms with van der Waals surface area (Å²) in [6.07, 6.45) is 10.0. The fourth-order valence-electron chi connectivity index (χ4n) is 4.52. The highest BCUT2D eigenvalue weighted by Gasteiger charge is 2.37.